The Balaban J connectivity index is 1.82. The number of imide groups is 6. The predicted octanol–water partition coefficient (Wildman–Crippen LogP) is -1.79. The summed E-state index contributed by atoms with van der Waals surface area (Å²) in [5.41, 5.74) is 0. The molecular formula is C11H8N4O6. The number of hydrogen-bond donors (Lipinski definition) is 2. The molecule has 0 aromatic carbocycles. The van der Waals surface area contributed by atoms with Crippen LogP contribution in [0.4, 0.5) is 9.59 Å². The zero-order chi connectivity index (χ0) is 15.6. The number of nitrogens with zero attached hydrogens (tertiary/aromatic N) is 2. The zero-order valence-corrected chi connectivity index (χ0v) is 10.4. The van der Waals surface area contributed by atoms with Crippen LogP contribution in [0, 0.1) is 0 Å². The van der Waals surface area contributed by atoms with Crippen LogP contribution in [0.5, 0.6) is 0 Å². The van der Waals surface area contributed by atoms with Crippen LogP contribution in [0.1, 0.15) is 0 Å². The van der Waals surface area contributed by atoms with Crippen LogP contribution in [-0.4, -0.2) is 52.2 Å². The largest absolute Gasteiger partial charge is 0.332 e. The maximum atomic E-state index is 11.5. The van der Waals surface area contributed by atoms with E-state index in [1.807, 2.05) is 0 Å². The second-order valence-electron chi connectivity index (χ2n) is 3.83. The number of urea groups is 2. The van der Waals surface area contributed by atoms with Crippen LogP contribution >= 0.6 is 0 Å². The number of rotatable bonds is 2. The summed E-state index contributed by atoms with van der Waals surface area (Å²) in [6, 6.07) is -2.07. The first kappa shape index (κ1) is 14.1. The van der Waals surface area contributed by atoms with Crippen molar-refractivity contribution >= 4 is 35.7 Å². The van der Waals surface area contributed by atoms with Crippen molar-refractivity contribution in [1.82, 2.24) is 20.4 Å². The van der Waals surface area contributed by atoms with Gasteiger partial charge >= 0.3 is 12.1 Å². The predicted molar refractivity (Wildman–Crippen MR) is 63.9 cm³/mol. The molecule has 0 aromatic rings. The lowest BCUT2D eigenvalue weighted by molar-refractivity contribution is -0.134. The SMILES string of the molecule is O=C1C=CC(=O)N1C(=O)NCNC(=O)N1C(=O)C=CC1=O. The smallest absolute Gasteiger partial charge is 0.320 e. The molecule has 0 spiro atoms. The monoisotopic (exact) mass is 292 g/mol. The standard InChI is InChI=1S/C11H8N4O6/c16-6-1-2-7(17)14(6)10(20)12-5-13-11(21)15-8(18)3-4-9(15)19/h1-4H,5H2,(H,12,20)(H,13,21). The van der Waals surface area contributed by atoms with Gasteiger partial charge in [-0.15, -0.1) is 0 Å². The Labute approximate surface area is 117 Å². The molecule has 0 bridgehead atoms. The molecule has 0 aromatic heterocycles. The van der Waals surface area contributed by atoms with Gasteiger partial charge in [0.15, 0.2) is 0 Å². The normalized spacial score (nSPS) is 17.0. The van der Waals surface area contributed by atoms with Crippen LogP contribution < -0.4 is 10.6 Å². The number of carbonyl (C=O) groups excluding carboxylic acids is 6. The average molecular weight is 292 g/mol. The summed E-state index contributed by atoms with van der Waals surface area (Å²) in [6.45, 7) is -0.480. The third-order valence-electron chi connectivity index (χ3n) is 2.50. The van der Waals surface area contributed by atoms with E-state index in [0.29, 0.717) is 9.80 Å². The highest BCUT2D eigenvalue weighted by molar-refractivity contribution is 6.23. The van der Waals surface area contributed by atoms with Crippen molar-refractivity contribution < 1.29 is 28.8 Å². The molecule has 2 aliphatic heterocycles. The molecule has 0 fully saturated rings. The first-order valence-corrected chi connectivity index (χ1v) is 5.59. The van der Waals surface area contributed by atoms with Crippen molar-refractivity contribution in [3.8, 4) is 0 Å². The van der Waals surface area contributed by atoms with Gasteiger partial charge in [0.2, 0.25) is 0 Å². The Morgan fingerprint density at radius 3 is 1.29 bits per heavy atom. The van der Waals surface area contributed by atoms with Gasteiger partial charge in [0.1, 0.15) is 0 Å². The van der Waals surface area contributed by atoms with Crippen LogP contribution in [0.15, 0.2) is 24.3 Å². The third-order valence-corrected chi connectivity index (χ3v) is 2.50. The van der Waals surface area contributed by atoms with Crippen molar-refractivity contribution in [3.05, 3.63) is 24.3 Å². The summed E-state index contributed by atoms with van der Waals surface area (Å²) in [6.07, 6.45) is 3.70. The molecule has 8 amide bonds. The molecule has 2 N–H and O–H groups in total. The van der Waals surface area contributed by atoms with E-state index >= 15 is 0 Å². The Kier molecular flexibility index (Phi) is 3.61. The van der Waals surface area contributed by atoms with E-state index < -0.39 is 42.4 Å². The van der Waals surface area contributed by atoms with Crippen molar-refractivity contribution in [2.24, 2.45) is 0 Å². The van der Waals surface area contributed by atoms with Crippen LogP contribution in [0.25, 0.3) is 0 Å². The average Bonchev–Trinajstić information content (AvgIpc) is 2.92. The van der Waals surface area contributed by atoms with Gasteiger partial charge in [-0.25, -0.2) is 9.59 Å². The molecule has 0 unspecified atom stereocenters. The highest BCUT2D eigenvalue weighted by Crippen LogP contribution is 2.04. The van der Waals surface area contributed by atoms with Crippen molar-refractivity contribution in [1.29, 1.82) is 0 Å². The molecule has 2 aliphatic rings. The minimum atomic E-state index is -1.03. The van der Waals surface area contributed by atoms with Crippen molar-refractivity contribution in [2.75, 3.05) is 6.67 Å². The molecule has 2 rings (SSSR count). The van der Waals surface area contributed by atoms with E-state index in [9.17, 15) is 28.8 Å². The fourth-order valence-electron chi connectivity index (χ4n) is 1.55. The molecule has 10 nitrogen and oxygen atoms in total. The minimum absolute atomic E-state index is 0.333. The minimum Gasteiger partial charge on any atom is -0.320 e. The maximum Gasteiger partial charge on any atom is 0.332 e. The van der Waals surface area contributed by atoms with Crippen LogP contribution in [-0.2, 0) is 19.2 Å². The highest BCUT2D eigenvalue weighted by atomic mass is 16.2. The van der Waals surface area contributed by atoms with Crippen LogP contribution in [0.3, 0.4) is 0 Å². The summed E-state index contributed by atoms with van der Waals surface area (Å²) in [5.74, 6) is -3.23. The summed E-state index contributed by atoms with van der Waals surface area (Å²) in [5, 5.41) is 4.15. The third kappa shape index (κ3) is 2.68. The van der Waals surface area contributed by atoms with Gasteiger partial charge < -0.3 is 10.6 Å². The number of nitrogens with one attached hydrogen (secondary N) is 2. The van der Waals surface area contributed by atoms with Gasteiger partial charge in [0.25, 0.3) is 23.6 Å². The quantitative estimate of drug-likeness (QED) is 0.456. The Morgan fingerprint density at radius 1 is 0.714 bits per heavy atom. The van der Waals surface area contributed by atoms with E-state index in [4.69, 9.17) is 0 Å². The molecule has 0 saturated heterocycles. The molecule has 108 valence electrons. The molecule has 0 aliphatic carbocycles. The van der Waals surface area contributed by atoms with Gasteiger partial charge in [0, 0.05) is 24.3 Å². The van der Waals surface area contributed by atoms with Crippen molar-refractivity contribution in [2.45, 2.75) is 0 Å². The van der Waals surface area contributed by atoms with Crippen LogP contribution in [0.2, 0.25) is 0 Å². The summed E-state index contributed by atoms with van der Waals surface area (Å²) in [7, 11) is 0. The second kappa shape index (κ2) is 5.36. The lowest BCUT2D eigenvalue weighted by Gasteiger charge is -2.15. The first-order valence-electron chi connectivity index (χ1n) is 5.59. The molecule has 21 heavy (non-hydrogen) atoms. The molecule has 10 heteroatoms. The molecule has 0 radical (unpaired) electrons. The van der Waals surface area contributed by atoms with E-state index in [2.05, 4.69) is 10.6 Å². The van der Waals surface area contributed by atoms with E-state index in [1.165, 1.54) is 0 Å². The van der Waals surface area contributed by atoms with Gasteiger partial charge in [-0.3, -0.25) is 19.2 Å². The summed E-state index contributed by atoms with van der Waals surface area (Å²) < 4.78 is 0. The first-order chi connectivity index (χ1) is 9.91. The summed E-state index contributed by atoms with van der Waals surface area (Å²) in [4.78, 5) is 68.4. The topological polar surface area (TPSA) is 133 Å². The second-order valence-corrected chi connectivity index (χ2v) is 3.83. The zero-order valence-electron chi connectivity index (χ0n) is 10.4. The lowest BCUT2D eigenvalue weighted by Crippen LogP contribution is -2.50. The molecule has 2 heterocycles. The molecular weight excluding hydrogens is 284 g/mol. The number of hydrogen-bond acceptors (Lipinski definition) is 6. The summed E-state index contributed by atoms with van der Waals surface area (Å²) >= 11 is 0. The molecule has 0 atom stereocenters. The van der Waals surface area contributed by atoms with Gasteiger partial charge in [-0.2, -0.15) is 9.80 Å². The number of carbonyl (C=O) groups is 6. The maximum absolute atomic E-state index is 11.5. The van der Waals surface area contributed by atoms with Gasteiger partial charge in [-0.1, -0.05) is 0 Å². The van der Waals surface area contributed by atoms with E-state index in [1.54, 1.807) is 0 Å². The fourth-order valence-corrected chi connectivity index (χ4v) is 1.55. The highest BCUT2D eigenvalue weighted by Gasteiger charge is 2.31. The lowest BCUT2D eigenvalue weighted by atomic mass is 10.6. The van der Waals surface area contributed by atoms with Gasteiger partial charge in [-0.05, 0) is 0 Å². The van der Waals surface area contributed by atoms with Crippen molar-refractivity contribution in [3.63, 3.8) is 0 Å². The number of amides is 8. The van der Waals surface area contributed by atoms with E-state index in [-0.39, 0.29) is 0 Å². The van der Waals surface area contributed by atoms with E-state index in [0.717, 1.165) is 24.3 Å². The molecule has 0 saturated carbocycles. The Morgan fingerprint density at radius 2 is 1.00 bits per heavy atom. The Bertz CT molecular complexity index is 545. The fraction of sp³-hybridized carbons (Fsp3) is 0.0909. The van der Waals surface area contributed by atoms with Gasteiger partial charge in [0.05, 0.1) is 6.67 Å². The Hall–Kier alpha value is -3.30.